The Morgan fingerprint density at radius 1 is 1.53 bits per heavy atom. The van der Waals surface area contributed by atoms with Gasteiger partial charge in [-0.2, -0.15) is 0 Å². The maximum Gasteiger partial charge on any atom is 0.328 e. The molecular formula is C12H15Cl2NO2. The van der Waals surface area contributed by atoms with E-state index in [1.165, 1.54) is 0 Å². The summed E-state index contributed by atoms with van der Waals surface area (Å²) >= 11 is 11.5. The van der Waals surface area contributed by atoms with Crippen molar-refractivity contribution in [2.24, 2.45) is 0 Å². The van der Waals surface area contributed by atoms with E-state index in [0.717, 1.165) is 11.3 Å². The zero-order chi connectivity index (χ0) is 12.8. The highest BCUT2D eigenvalue weighted by Gasteiger charge is 2.16. The molecule has 0 fully saturated rings. The molecule has 0 heterocycles. The lowest BCUT2D eigenvalue weighted by Gasteiger charge is -2.16. The van der Waals surface area contributed by atoms with Gasteiger partial charge >= 0.3 is 5.97 Å². The predicted molar refractivity (Wildman–Crippen MR) is 71.0 cm³/mol. The number of alkyl halides is 1. The van der Waals surface area contributed by atoms with Gasteiger partial charge in [0.2, 0.25) is 0 Å². The summed E-state index contributed by atoms with van der Waals surface area (Å²) in [7, 11) is 0. The number of para-hydroxylation sites is 1. The van der Waals surface area contributed by atoms with E-state index in [4.69, 9.17) is 27.9 Å². The molecule has 0 spiro atoms. The summed E-state index contributed by atoms with van der Waals surface area (Å²) in [6.45, 7) is 3.86. The van der Waals surface area contributed by atoms with E-state index < -0.39 is 6.04 Å². The van der Waals surface area contributed by atoms with E-state index in [1.54, 1.807) is 13.0 Å². The minimum Gasteiger partial charge on any atom is -0.463 e. The van der Waals surface area contributed by atoms with Gasteiger partial charge in [0.05, 0.1) is 16.6 Å². The number of rotatable bonds is 5. The molecule has 1 aromatic rings. The fourth-order valence-corrected chi connectivity index (χ4v) is 1.71. The van der Waals surface area contributed by atoms with E-state index >= 15 is 0 Å². The summed E-state index contributed by atoms with van der Waals surface area (Å²) in [5.41, 5.74) is 1.74. The molecule has 0 radical (unpaired) electrons. The minimum atomic E-state index is -0.461. The second-order valence-electron chi connectivity index (χ2n) is 3.65. The molecule has 0 aromatic heterocycles. The van der Waals surface area contributed by atoms with Gasteiger partial charge in [0.25, 0.3) is 0 Å². The number of carbonyl (C=O) groups is 1. The summed E-state index contributed by atoms with van der Waals surface area (Å²) in [5.74, 6) is -0.0474. The fourth-order valence-electron chi connectivity index (χ4n) is 1.35. The van der Waals surface area contributed by atoms with Crippen molar-refractivity contribution in [3.05, 3.63) is 28.8 Å². The van der Waals surface area contributed by atoms with Crippen molar-refractivity contribution in [2.45, 2.75) is 19.9 Å². The molecular weight excluding hydrogens is 261 g/mol. The second kappa shape index (κ2) is 6.72. The van der Waals surface area contributed by atoms with Crippen LogP contribution in [0.25, 0.3) is 0 Å². The van der Waals surface area contributed by atoms with E-state index in [0.29, 0.717) is 10.9 Å². The molecule has 0 unspecified atom stereocenters. The van der Waals surface area contributed by atoms with Crippen molar-refractivity contribution in [2.75, 3.05) is 17.8 Å². The Kier molecular flexibility index (Phi) is 5.59. The van der Waals surface area contributed by atoms with Crippen LogP contribution in [0, 0.1) is 6.92 Å². The third kappa shape index (κ3) is 4.10. The highest BCUT2D eigenvalue weighted by atomic mass is 35.5. The van der Waals surface area contributed by atoms with E-state index in [1.807, 2.05) is 19.1 Å². The Hall–Kier alpha value is -0.930. The molecule has 3 nitrogen and oxygen atoms in total. The first-order valence-corrected chi connectivity index (χ1v) is 6.21. The van der Waals surface area contributed by atoms with Gasteiger partial charge < -0.3 is 10.1 Å². The Labute approximate surface area is 111 Å². The Balaban J connectivity index is 2.67. The third-order valence-corrected chi connectivity index (χ3v) is 2.73. The van der Waals surface area contributed by atoms with Crippen molar-refractivity contribution in [3.8, 4) is 0 Å². The van der Waals surface area contributed by atoms with Crippen LogP contribution in [0.4, 0.5) is 5.69 Å². The van der Waals surface area contributed by atoms with E-state index in [9.17, 15) is 4.79 Å². The van der Waals surface area contributed by atoms with Gasteiger partial charge in [-0.3, -0.25) is 0 Å². The number of aryl methyl sites for hydroxylation is 1. The molecule has 17 heavy (non-hydrogen) atoms. The fraction of sp³-hybridized carbons (Fsp3) is 0.417. The molecule has 0 amide bonds. The zero-order valence-electron chi connectivity index (χ0n) is 9.80. The van der Waals surface area contributed by atoms with Gasteiger partial charge in [-0.15, -0.1) is 11.6 Å². The topological polar surface area (TPSA) is 38.3 Å². The SMILES string of the molecule is Cc1cccc(Cl)c1N[C@@H](C)C(=O)OCCCl. The first-order valence-electron chi connectivity index (χ1n) is 5.30. The standard InChI is InChI=1S/C12H15Cl2NO2/c1-8-4-3-5-10(14)11(8)15-9(2)12(16)17-7-6-13/h3-5,9,15H,6-7H2,1-2H3/t9-/m0/s1. The van der Waals surface area contributed by atoms with Crippen molar-refractivity contribution in [1.82, 2.24) is 0 Å². The van der Waals surface area contributed by atoms with Crippen LogP contribution >= 0.6 is 23.2 Å². The summed E-state index contributed by atoms with van der Waals surface area (Å²) < 4.78 is 4.93. The Bertz CT molecular complexity index is 376. The highest BCUT2D eigenvalue weighted by Crippen LogP contribution is 2.25. The average molecular weight is 276 g/mol. The third-order valence-electron chi connectivity index (χ3n) is 2.26. The largest absolute Gasteiger partial charge is 0.463 e. The van der Waals surface area contributed by atoms with E-state index in [2.05, 4.69) is 5.32 Å². The molecule has 5 heteroatoms. The van der Waals surface area contributed by atoms with Crippen molar-refractivity contribution < 1.29 is 9.53 Å². The molecule has 0 saturated heterocycles. The normalized spacial score (nSPS) is 12.0. The molecule has 1 aromatic carbocycles. The molecule has 0 aliphatic heterocycles. The number of esters is 1. The minimum absolute atomic E-state index is 0.216. The van der Waals surface area contributed by atoms with Crippen LogP contribution < -0.4 is 5.32 Å². The van der Waals surface area contributed by atoms with Crippen LogP contribution in [0.15, 0.2) is 18.2 Å². The van der Waals surface area contributed by atoms with Crippen LogP contribution in [-0.4, -0.2) is 24.5 Å². The molecule has 0 bridgehead atoms. The first kappa shape index (κ1) is 14.1. The molecule has 1 rings (SSSR count). The van der Waals surface area contributed by atoms with Crippen molar-refractivity contribution in [1.29, 1.82) is 0 Å². The van der Waals surface area contributed by atoms with Gasteiger partial charge in [-0.1, -0.05) is 23.7 Å². The quantitative estimate of drug-likeness (QED) is 0.662. The zero-order valence-corrected chi connectivity index (χ0v) is 11.3. The van der Waals surface area contributed by atoms with Crippen molar-refractivity contribution in [3.63, 3.8) is 0 Å². The van der Waals surface area contributed by atoms with Gasteiger partial charge in [0.15, 0.2) is 0 Å². The van der Waals surface area contributed by atoms with Gasteiger partial charge in [0.1, 0.15) is 12.6 Å². The maximum atomic E-state index is 11.5. The van der Waals surface area contributed by atoms with Crippen molar-refractivity contribution >= 4 is 34.9 Å². The number of carbonyl (C=O) groups excluding carboxylic acids is 1. The van der Waals surface area contributed by atoms with Crippen LogP contribution in [0.3, 0.4) is 0 Å². The Morgan fingerprint density at radius 3 is 2.82 bits per heavy atom. The van der Waals surface area contributed by atoms with E-state index in [-0.39, 0.29) is 12.6 Å². The lowest BCUT2D eigenvalue weighted by Crippen LogP contribution is -2.29. The van der Waals surface area contributed by atoms with Gasteiger partial charge in [-0.05, 0) is 25.5 Å². The first-order chi connectivity index (χ1) is 8.06. The summed E-state index contributed by atoms with van der Waals surface area (Å²) in [6, 6.07) is 5.09. The second-order valence-corrected chi connectivity index (χ2v) is 4.44. The maximum absolute atomic E-state index is 11.5. The highest BCUT2D eigenvalue weighted by molar-refractivity contribution is 6.33. The number of nitrogens with one attached hydrogen (secondary N) is 1. The Morgan fingerprint density at radius 2 is 2.24 bits per heavy atom. The number of halogens is 2. The smallest absolute Gasteiger partial charge is 0.328 e. The molecule has 94 valence electrons. The number of anilines is 1. The molecule has 1 N–H and O–H groups in total. The molecule has 0 saturated carbocycles. The van der Waals surface area contributed by atoms with Gasteiger partial charge in [-0.25, -0.2) is 4.79 Å². The number of hydrogen-bond acceptors (Lipinski definition) is 3. The average Bonchev–Trinajstić information content (AvgIpc) is 2.30. The summed E-state index contributed by atoms with van der Waals surface area (Å²) in [4.78, 5) is 11.5. The number of benzene rings is 1. The van der Waals surface area contributed by atoms with Crippen LogP contribution in [0.2, 0.25) is 5.02 Å². The van der Waals surface area contributed by atoms with Gasteiger partial charge in [0, 0.05) is 0 Å². The summed E-state index contributed by atoms with van der Waals surface area (Å²) in [6.07, 6.45) is 0. The van der Waals surface area contributed by atoms with Crippen LogP contribution in [-0.2, 0) is 9.53 Å². The number of ether oxygens (including phenoxy) is 1. The molecule has 0 aliphatic rings. The monoisotopic (exact) mass is 275 g/mol. The van der Waals surface area contributed by atoms with Crippen LogP contribution in [0.1, 0.15) is 12.5 Å². The van der Waals surface area contributed by atoms with Crippen LogP contribution in [0.5, 0.6) is 0 Å². The lowest BCUT2D eigenvalue weighted by atomic mass is 10.2. The lowest BCUT2D eigenvalue weighted by molar-refractivity contribution is -0.143. The predicted octanol–water partition coefficient (Wildman–Crippen LogP) is 3.23. The molecule has 1 atom stereocenters. The summed E-state index contributed by atoms with van der Waals surface area (Å²) in [5, 5.41) is 3.62. The molecule has 0 aliphatic carbocycles. The number of hydrogen-bond donors (Lipinski definition) is 1.